The zero-order valence-electron chi connectivity index (χ0n) is 10.0. The highest BCUT2D eigenvalue weighted by atomic mass is 32.1. The number of unbranched alkanes of at least 4 members (excludes halogenated alkanes) is 1. The van der Waals surface area contributed by atoms with E-state index in [9.17, 15) is 0 Å². The summed E-state index contributed by atoms with van der Waals surface area (Å²) in [7, 11) is 0. The molecule has 0 aromatic carbocycles. The van der Waals surface area contributed by atoms with Gasteiger partial charge in [0.25, 0.3) is 0 Å². The monoisotopic (exact) mass is 228 g/mol. The molecule has 1 atom stereocenters. The molecule has 1 aliphatic rings. The first-order valence-corrected chi connectivity index (χ1v) is 6.71. The van der Waals surface area contributed by atoms with E-state index >= 15 is 0 Å². The minimum Gasteiger partial charge on any atom is -0.362 e. The molecule has 2 nitrogen and oxygen atoms in total. The Bertz CT molecular complexity index is 190. The standard InChI is InChI=1S/C12H24N2S/c1-3-5-6-10(4-2)9-13-12(15)14-11-7-8-11/h10-11H,3-9H2,1-2H3,(H2,13,14,15)/t10-/m1/s1. The van der Waals surface area contributed by atoms with Crippen LogP contribution in [0.2, 0.25) is 0 Å². The van der Waals surface area contributed by atoms with Crippen LogP contribution < -0.4 is 10.6 Å². The number of rotatable bonds is 7. The molecule has 0 aliphatic heterocycles. The van der Waals surface area contributed by atoms with Gasteiger partial charge in [-0.1, -0.05) is 33.1 Å². The minimum atomic E-state index is 0.667. The lowest BCUT2D eigenvalue weighted by Gasteiger charge is -2.17. The van der Waals surface area contributed by atoms with E-state index in [0.717, 1.165) is 17.6 Å². The molecule has 15 heavy (non-hydrogen) atoms. The van der Waals surface area contributed by atoms with Gasteiger partial charge in [-0.3, -0.25) is 0 Å². The van der Waals surface area contributed by atoms with E-state index in [4.69, 9.17) is 12.2 Å². The third-order valence-corrected chi connectivity index (χ3v) is 3.27. The number of hydrogen-bond donors (Lipinski definition) is 2. The molecule has 88 valence electrons. The third-order valence-electron chi connectivity index (χ3n) is 3.01. The van der Waals surface area contributed by atoms with Crippen LogP contribution in [0, 0.1) is 5.92 Å². The summed E-state index contributed by atoms with van der Waals surface area (Å²) in [6, 6.07) is 0.667. The Kier molecular flexibility index (Phi) is 5.99. The second-order valence-corrected chi connectivity index (χ2v) is 4.95. The van der Waals surface area contributed by atoms with E-state index in [1.54, 1.807) is 0 Å². The largest absolute Gasteiger partial charge is 0.362 e. The molecule has 0 amide bonds. The molecular weight excluding hydrogens is 204 g/mol. The van der Waals surface area contributed by atoms with Crippen molar-refractivity contribution in [3.63, 3.8) is 0 Å². The third kappa shape index (κ3) is 5.98. The van der Waals surface area contributed by atoms with Crippen molar-refractivity contribution in [2.24, 2.45) is 5.92 Å². The summed E-state index contributed by atoms with van der Waals surface area (Å²) < 4.78 is 0. The molecule has 1 fully saturated rings. The van der Waals surface area contributed by atoms with Crippen molar-refractivity contribution in [3.05, 3.63) is 0 Å². The number of hydrogen-bond acceptors (Lipinski definition) is 1. The lowest BCUT2D eigenvalue weighted by Crippen LogP contribution is -2.39. The van der Waals surface area contributed by atoms with Gasteiger partial charge in [-0.15, -0.1) is 0 Å². The first-order valence-electron chi connectivity index (χ1n) is 6.30. The van der Waals surface area contributed by atoms with Crippen LogP contribution in [-0.4, -0.2) is 17.7 Å². The average Bonchev–Trinajstić information content (AvgIpc) is 3.02. The molecule has 0 aromatic heterocycles. The quantitative estimate of drug-likeness (QED) is 0.655. The Morgan fingerprint density at radius 3 is 2.67 bits per heavy atom. The topological polar surface area (TPSA) is 24.1 Å². The molecular formula is C12H24N2S. The first-order chi connectivity index (χ1) is 7.26. The maximum atomic E-state index is 5.23. The number of nitrogens with one attached hydrogen (secondary N) is 2. The second kappa shape index (κ2) is 7.04. The zero-order chi connectivity index (χ0) is 11.1. The van der Waals surface area contributed by atoms with Gasteiger partial charge in [0.15, 0.2) is 5.11 Å². The summed E-state index contributed by atoms with van der Waals surface area (Å²) in [6.45, 7) is 5.55. The summed E-state index contributed by atoms with van der Waals surface area (Å²) in [5.74, 6) is 0.781. The van der Waals surface area contributed by atoms with E-state index in [1.165, 1.54) is 38.5 Å². The molecule has 0 spiro atoms. The Hall–Kier alpha value is -0.310. The SMILES string of the molecule is CCCC[C@@H](CC)CNC(=S)NC1CC1. The summed E-state index contributed by atoms with van der Waals surface area (Å²) in [4.78, 5) is 0. The fourth-order valence-electron chi connectivity index (χ4n) is 1.64. The van der Waals surface area contributed by atoms with Crippen molar-refractivity contribution in [3.8, 4) is 0 Å². The normalized spacial score (nSPS) is 17.2. The molecule has 2 N–H and O–H groups in total. The summed E-state index contributed by atoms with van der Waals surface area (Å²) >= 11 is 5.23. The smallest absolute Gasteiger partial charge is 0.166 e. The van der Waals surface area contributed by atoms with Crippen LogP contribution in [0.15, 0.2) is 0 Å². The van der Waals surface area contributed by atoms with E-state index in [0.29, 0.717) is 6.04 Å². The zero-order valence-corrected chi connectivity index (χ0v) is 10.8. The van der Waals surface area contributed by atoms with Crippen molar-refractivity contribution < 1.29 is 0 Å². The van der Waals surface area contributed by atoms with E-state index in [2.05, 4.69) is 24.5 Å². The highest BCUT2D eigenvalue weighted by Crippen LogP contribution is 2.18. The summed E-state index contributed by atoms with van der Waals surface area (Å²) in [5, 5.41) is 7.50. The van der Waals surface area contributed by atoms with Gasteiger partial charge in [-0.2, -0.15) is 0 Å². The molecule has 0 bridgehead atoms. The van der Waals surface area contributed by atoms with Crippen molar-refractivity contribution in [1.29, 1.82) is 0 Å². The van der Waals surface area contributed by atoms with Crippen molar-refractivity contribution in [2.75, 3.05) is 6.54 Å². The Morgan fingerprint density at radius 1 is 1.40 bits per heavy atom. The second-order valence-electron chi connectivity index (χ2n) is 4.55. The highest BCUT2D eigenvalue weighted by Gasteiger charge is 2.21. The van der Waals surface area contributed by atoms with Crippen LogP contribution in [0.1, 0.15) is 52.4 Å². The Labute approximate surface area is 99.2 Å². The van der Waals surface area contributed by atoms with Crippen LogP contribution in [0.4, 0.5) is 0 Å². The van der Waals surface area contributed by atoms with E-state index in [-0.39, 0.29) is 0 Å². The van der Waals surface area contributed by atoms with Crippen molar-refractivity contribution in [1.82, 2.24) is 10.6 Å². The molecule has 0 unspecified atom stereocenters. The molecule has 1 aliphatic carbocycles. The van der Waals surface area contributed by atoms with Crippen LogP contribution in [0.5, 0.6) is 0 Å². The number of thiocarbonyl (C=S) groups is 1. The van der Waals surface area contributed by atoms with Crippen molar-refractivity contribution >= 4 is 17.3 Å². The van der Waals surface area contributed by atoms with Gasteiger partial charge in [0.1, 0.15) is 0 Å². The molecule has 1 saturated carbocycles. The van der Waals surface area contributed by atoms with Gasteiger partial charge in [0.05, 0.1) is 0 Å². The summed E-state index contributed by atoms with van der Waals surface area (Å²) in [6.07, 6.45) is 7.78. The minimum absolute atomic E-state index is 0.667. The lowest BCUT2D eigenvalue weighted by atomic mass is 9.99. The average molecular weight is 228 g/mol. The molecule has 0 aromatic rings. The van der Waals surface area contributed by atoms with Crippen LogP contribution in [-0.2, 0) is 0 Å². The van der Waals surface area contributed by atoms with Gasteiger partial charge < -0.3 is 10.6 Å². The van der Waals surface area contributed by atoms with Crippen LogP contribution in [0.3, 0.4) is 0 Å². The fourth-order valence-corrected chi connectivity index (χ4v) is 1.89. The first kappa shape index (κ1) is 12.8. The van der Waals surface area contributed by atoms with Gasteiger partial charge in [-0.05, 0) is 37.4 Å². The predicted molar refractivity (Wildman–Crippen MR) is 70.1 cm³/mol. The van der Waals surface area contributed by atoms with Gasteiger partial charge in [0, 0.05) is 12.6 Å². The highest BCUT2D eigenvalue weighted by molar-refractivity contribution is 7.80. The van der Waals surface area contributed by atoms with Gasteiger partial charge in [0.2, 0.25) is 0 Å². The maximum Gasteiger partial charge on any atom is 0.166 e. The van der Waals surface area contributed by atoms with Crippen LogP contribution in [0.25, 0.3) is 0 Å². The van der Waals surface area contributed by atoms with Gasteiger partial charge >= 0.3 is 0 Å². The fraction of sp³-hybridized carbons (Fsp3) is 0.917. The lowest BCUT2D eigenvalue weighted by molar-refractivity contribution is 0.445. The van der Waals surface area contributed by atoms with Crippen LogP contribution >= 0.6 is 12.2 Å². The molecule has 0 heterocycles. The van der Waals surface area contributed by atoms with E-state index < -0.39 is 0 Å². The van der Waals surface area contributed by atoms with Gasteiger partial charge in [-0.25, -0.2) is 0 Å². The van der Waals surface area contributed by atoms with E-state index in [1.807, 2.05) is 0 Å². The Balaban J connectivity index is 2.06. The molecule has 0 saturated heterocycles. The molecule has 1 rings (SSSR count). The Morgan fingerprint density at radius 2 is 2.13 bits per heavy atom. The maximum absolute atomic E-state index is 5.23. The predicted octanol–water partition coefficient (Wildman–Crippen LogP) is 2.83. The summed E-state index contributed by atoms with van der Waals surface area (Å²) in [5.41, 5.74) is 0. The van der Waals surface area contributed by atoms with Crippen molar-refractivity contribution in [2.45, 2.75) is 58.4 Å². The molecule has 0 radical (unpaired) electrons. The molecule has 3 heteroatoms.